The van der Waals surface area contributed by atoms with Crippen LogP contribution in [0.3, 0.4) is 0 Å². The number of hydrogen-bond donors (Lipinski definition) is 2. The number of carbonyl (C=O) groups is 1. The third-order valence-electron chi connectivity index (χ3n) is 4.53. The van der Waals surface area contributed by atoms with E-state index in [1.165, 1.54) is 22.3 Å². The number of aryl methyl sites for hydroxylation is 2. The second kappa shape index (κ2) is 8.33. The number of halogens is 1. The number of nitrogens with one attached hydrogen (secondary N) is 2. The first-order valence-corrected chi connectivity index (χ1v) is 10.5. The molecule has 0 aliphatic rings. The van der Waals surface area contributed by atoms with E-state index in [-0.39, 0.29) is 17.2 Å². The van der Waals surface area contributed by atoms with Crippen molar-refractivity contribution < 1.29 is 4.79 Å². The van der Waals surface area contributed by atoms with Crippen molar-refractivity contribution in [2.75, 3.05) is 11.1 Å². The number of nitrogens with zero attached hydrogens (tertiary/aromatic N) is 3. The lowest BCUT2D eigenvalue weighted by Gasteiger charge is -2.09. The van der Waals surface area contributed by atoms with Gasteiger partial charge < -0.3 is 5.32 Å². The van der Waals surface area contributed by atoms with Crippen molar-refractivity contribution in [1.82, 2.24) is 19.6 Å². The highest BCUT2D eigenvalue weighted by molar-refractivity contribution is 7.99. The van der Waals surface area contributed by atoms with E-state index in [0.29, 0.717) is 21.7 Å². The smallest absolute Gasteiger partial charge is 0.266 e. The lowest BCUT2D eigenvalue weighted by molar-refractivity contribution is -0.113. The number of carbonyl (C=O) groups excluding carboxylic acids is 1. The van der Waals surface area contributed by atoms with Crippen LogP contribution < -0.4 is 10.9 Å². The zero-order valence-electron chi connectivity index (χ0n) is 16.3. The maximum Gasteiger partial charge on any atom is 0.266 e. The van der Waals surface area contributed by atoms with E-state index in [4.69, 9.17) is 11.6 Å². The largest absolute Gasteiger partial charge is 0.325 e. The van der Waals surface area contributed by atoms with Crippen molar-refractivity contribution in [3.8, 4) is 11.4 Å². The van der Waals surface area contributed by atoms with Crippen LogP contribution in [0.2, 0.25) is 5.02 Å². The molecule has 0 fully saturated rings. The second-order valence-corrected chi connectivity index (χ2v) is 8.17. The quantitative estimate of drug-likeness (QED) is 0.457. The summed E-state index contributed by atoms with van der Waals surface area (Å²) in [5.41, 5.74) is 3.85. The fourth-order valence-electron chi connectivity index (χ4n) is 2.88. The van der Waals surface area contributed by atoms with Gasteiger partial charge in [-0.25, -0.2) is 14.5 Å². The number of hydrogen-bond acceptors (Lipinski definition) is 5. The van der Waals surface area contributed by atoms with Gasteiger partial charge in [-0.3, -0.25) is 14.7 Å². The van der Waals surface area contributed by atoms with Gasteiger partial charge in [0.2, 0.25) is 5.91 Å². The number of thioether (sulfide) groups is 1. The van der Waals surface area contributed by atoms with Gasteiger partial charge in [-0.05, 0) is 49.2 Å². The predicted molar refractivity (Wildman–Crippen MR) is 119 cm³/mol. The maximum atomic E-state index is 12.4. The molecule has 1 amide bonds. The highest BCUT2D eigenvalue weighted by Gasteiger charge is 2.14. The molecule has 0 aliphatic carbocycles. The fourth-order valence-corrected chi connectivity index (χ4v) is 3.83. The molecule has 0 saturated heterocycles. The molecule has 9 heteroatoms. The van der Waals surface area contributed by atoms with Crippen LogP contribution in [0.4, 0.5) is 5.69 Å². The monoisotopic (exact) mass is 439 g/mol. The molecule has 0 unspecified atom stereocenters. The van der Waals surface area contributed by atoms with Gasteiger partial charge in [0.05, 0.1) is 5.75 Å². The van der Waals surface area contributed by atoms with Crippen molar-refractivity contribution in [1.29, 1.82) is 0 Å². The minimum atomic E-state index is -0.297. The third-order valence-corrected chi connectivity index (χ3v) is 5.70. The molecule has 2 N–H and O–H groups in total. The van der Waals surface area contributed by atoms with Gasteiger partial charge in [-0.2, -0.15) is 0 Å². The Kier molecular flexibility index (Phi) is 5.61. The van der Waals surface area contributed by atoms with Gasteiger partial charge in [-0.1, -0.05) is 41.6 Å². The van der Waals surface area contributed by atoms with Crippen LogP contribution in [-0.4, -0.2) is 31.2 Å². The van der Waals surface area contributed by atoms with Gasteiger partial charge in [-0.15, -0.1) is 0 Å². The molecule has 30 heavy (non-hydrogen) atoms. The van der Waals surface area contributed by atoms with Crippen molar-refractivity contribution in [2.24, 2.45) is 0 Å². The second-order valence-electron chi connectivity index (χ2n) is 6.79. The first-order chi connectivity index (χ1) is 14.4. The van der Waals surface area contributed by atoms with E-state index in [9.17, 15) is 9.59 Å². The Bertz CT molecular complexity index is 1310. The van der Waals surface area contributed by atoms with Crippen molar-refractivity contribution >= 4 is 40.6 Å². The normalized spacial score (nSPS) is 11.0. The third kappa shape index (κ3) is 4.39. The van der Waals surface area contributed by atoms with Crippen molar-refractivity contribution in [3.05, 3.63) is 75.0 Å². The van der Waals surface area contributed by atoms with Gasteiger partial charge >= 0.3 is 0 Å². The average Bonchev–Trinajstić information content (AvgIpc) is 3.09. The van der Waals surface area contributed by atoms with Gasteiger partial charge in [0.1, 0.15) is 0 Å². The summed E-state index contributed by atoms with van der Waals surface area (Å²) in [5.74, 6) is 0.371. The Morgan fingerprint density at radius 3 is 2.73 bits per heavy atom. The van der Waals surface area contributed by atoms with E-state index in [0.717, 1.165) is 22.4 Å². The number of benzene rings is 2. The lowest BCUT2D eigenvalue weighted by Crippen LogP contribution is -2.15. The number of H-pyrrole nitrogens is 1. The van der Waals surface area contributed by atoms with Crippen LogP contribution in [0.25, 0.3) is 17.0 Å². The zero-order valence-corrected chi connectivity index (χ0v) is 17.8. The zero-order chi connectivity index (χ0) is 21.3. The highest BCUT2D eigenvalue weighted by Crippen LogP contribution is 2.24. The number of aromatic nitrogens is 4. The molecule has 4 rings (SSSR count). The van der Waals surface area contributed by atoms with Crippen LogP contribution in [0.15, 0.2) is 58.5 Å². The van der Waals surface area contributed by atoms with E-state index < -0.39 is 0 Å². The highest BCUT2D eigenvalue weighted by atomic mass is 35.5. The van der Waals surface area contributed by atoms with Gasteiger partial charge in [0.25, 0.3) is 5.56 Å². The summed E-state index contributed by atoms with van der Waals surface area (Å²) in [6.07, 6.45) is 0. The van der Waals surface area contributed by atoms with Crippen LogP contribution >= 0.6 is 23.4 Å². The number of fused-ring (bicyclic) bond motifs is 1. The molecule has 0 radical (unpaired) electrons. The molecular formula is C21H18ClN5O2S. The lowest BCUT2D eigenvalue weighted by atomic mass is 10.1. The van der Waals surface area contributed by atoms with E-state index in [2.05, 4.69) is 20.4 Å². The van der Waals surface area contributed by atoms with Crippen LogP contribution in [0.1, 0.15) is 11.1 Å². The minimum Gasteiger partial charge on any atom is -0.325 e. The maximum absolute atomic E-state index is 12.4. The van der Waals surface area contributed by atoms with Gasteiger partial charge in [0.15, 0.2) is 16.6 Å². The Hall–Kier alpha value is -3.10. The summed E-state index contributed by atoms with van der Waals surface area (Å²) in [6.45, 7) is 4.02. The van der Waals surface area contributed by atoms with Crippen LogP contribution in [-0.2, 0) is 4.79 Å². The Morgan fingerprint density at radius 1 is 1.13 bits per heavy atom. The summed E-state index contributed by atoms with van der Waals surface area (Å²) < 4.78 is 1.48. The summed E-state index contributed by atoms with van der Waals surface area (Å²) in [5, 5.41) is 6.56. The molecular weight excluding hydrogens is 422 g/mol. The fraction of sp³-hybridized carbons (Fsp3) is 0.143. The summed E-state index contributed by atoms with van der Waals surface area (Å²) in [6, 6.07) is 14.3. The SMILES string of the molecule is Cc1ccc(NC(=O)CSc2nc(-c3cccc(Cl)c3)nc3cc(=O)[nH]n23)cc1C. The summed E-state index contributed by atoms with van der Waals surface area (Å²) in [7, 11) is 0. The van der Waals surface area contributed by atoms with E-state index >= 15 is 0 Å². The van der Waals surface area contributed by atoms with Gasteiger partial charge in [0, 0.05) is 22.3 Å². The molecule has 0 bridgehead atoms. The summed E-state index contributed by atoms with van der Waals surface area (Å²) >= 11 is 7.29. The molecule has 7 nitrogen and oxygen atoms in total. The Balaban J connectivity index is 1.59. The molecule has 152 valence electrons. The van der Waals surface area contributed by atoms with E-state index in [1.54, 1.807) is 18.2 Å². The van der Waals surface area contributed by atoms with Crippen molar-refractivity contribution in [2.45, 2.75) is 19.0 Å². The first-order valence-electron chi connectivity index (χ1n) is 9.15. The number of anilines is 1. The first kappa shape index (κ1) is 20.2. The molecule has 4 aromatic rings. The van der Waals surface area contributed by atoms with E-state index in [1.807, 2.05) is 38.1 Å². The number of amides is 1. The standard InChI is InChI=1S/C21H18ClN5O2S/c1-12-6-7-16(8-13(12)2)23-19(29)11-30-21-25-20(14-4-3-5-15(22)9-14)24-17-10-18(28)26-27(17)21/h3-10H,11H2,1-2H3,(H,23,29)(H,26,28). The van der Waals surface area contributed by atoms with Crippen molar-refractivity contribution in [3.63, 3.8) is 0 Å². The van der Waals surface area contributed by atoms with Crippen LogP contribution in [0.5, 0.6) is 0 Å². The number of rotatable bonds is 5. The Morgan fingerprint density at radius 2 is 1.97 bits per heavy atom. The molecule has 0 aliphatic heterocycles. The molecule has 0 spiro atoms. The number of aromatic amines is 1. The summed E-state index contributed by atoms with van der Waals surface area (Å²) in [4.78, 5) is 33.2. The average molecular weight is 440 g/mol. The predicted octanol–water partition coefficient (Wildman–Crippen LogP) is 4.09. The molecule has 2 heterocycles. The molecule has 2 aromatic heterocycles. The Labute approximate surface area is 181 Å². The molecule has 0 atom stereocenters. The minimum absolute atomic E-state index is 0.119. The molecule has 2 aromatic carbocycles. The topological polar surface area (TPSA) is 92.2 Å². The van der Waals surface area contributed by atoms with Crippen LogP contribution in [0, 0.1) is 13.8 Å². The molecule has 0 saturated carbocycles.